The van der Waals surface area contributed by atoms with Crippen LogP contribution in [0, 0.1) is 12.8 Å². The normalized spacial score (nSPS) is 15.7. The van der Waals surface area contributed by atoms with Gasteiger partial charge in [0.25, 0.3) is 0 Å². The third-order valence-corrected chi connectivity index (χ3v) is 6.78. The summed E-state index contributed by atoms with van der Waals surface area (Å²) >= 11 is 0. The van der Waals surface area contributed by atoms with Gasteiger partial charge < -0.3 is 10.6 Å². The summed E-state index contributed by atoms with van der Waals surface area (Å²) in [5.41, 5.74) is 2.19. The zero-order valence-electron chi connectivity index (χ0n) is 16.4. The first-order valence-electron chi connectivity index (χ1n) is 9.36. The molecule has 2 aromatic rings. The van der Waals surface area contributed by atoms with Crippen molar-refractivity contribution in [3.05, 3.63) is 48.3 Å². The van der Waals surface area contributed by atoms with Crippen molar-refractivity contribution in [2.75, 3.05) is 23.7 Å². The first kappa shape index (κ1) is 20.9. The molecule has 1 saturated heterocycles. The number of carbonyl (C=O) groups excluding carboxylic acids is 2. The third kappa shape index (κ3) is 4.99. The summed E-state index contributed by atoms with van der Waals surface area (Å²) in [6.07, 6.45) is 3.77. The standard InChI is InChI=1S/C20H24N4O4S/c1-14-12-17(5-6-19(14)22-15(2)25)23-20(26)16-7-10-24(11-8-16)29(27,28)18-4-3-9-21-13-18/h3-6,9,12-13,16H,7-8,10-11H2,1-2H3,(H,22,25)(H,23,26). The van der Waals surface area contributed by atoms with Gasteiger partial charge in [-0.25, -0.2) is 8.42 Å². The minimum absolute atomic E-state index is 0.130. The molecule has 1 fully saturated rings. The average Bonchev–Trinajstić information content (AvgIpc) is 2.70. The van der Waals surface area contributed by atoms with Gasteiger partial charge in [-0.2, -0.15) is 4.31 Å². The molecule has 2 N–H and O–H groups in total. The van der Waals surface area contributed by atoms with E-state index in [4.69, 9.17) is 0 Å². The van der Waals surface area contributed by atoms with E-state index < -0.39 is 10.0 Å². The van der Waals surface area contributed by atoms with Crippen LogP contribution in [0.1, 0.15) is 25.3 Å². The highest BCUT2D eigenvalue weighted by molar-refractivity contribution is 7.89. The van der Waals surface area contributed by atoms with Gasteiger partial charge >= 0.3 is 0 Å². The Kier molecular flexibility index (Phi) is 6.29. The molecule has 0 unspecified atom stereocenters. The molecule has 29 heavy (non-hydrogen) atoms. The van der Waals surface area contributed by atoms with Crippen molar-refractivity contribution in [1.82, 2.24) is 9.29 Å². The molecule has 3 rings (SSSR count). The zero-order valence-corrected chi connectivity index (χ0v) is 17.2. The first-order chi connectivity index (χ1) is 13.8. The molecule has 9 heteroatoms. The van der Waals surface area contributed by atoms with Gasteiger partial charge in [-0.3, -0.25) is 14.6 Å². The number of hydrogen-bond donors (Lipinski definition) is 2. The first-order valence-corrected chi connectivity index (χ1v) is 10.8. The summed E-state index contributed by atoms with van der Waals surface area (Å²) in [6, 6.07) is 8.39. The van der Waals surface area contributed by atoms with Gasteiger partial charge in [0.1, 0.15) is 4.90 Å². The molecule has 1 aliphatic heterocycles. The molecule has 0 spiro atoms. The van der Waals surface area contributed by atoms with E-state index in [9.17, 15) is 18.0 Å². The molecule has 154 valence electrons. The number of carbonyl (C=O) groups is 2. The van der Waals surface area contributed by atoms with E-state index in [1.54, 1.807) is 24.3 Å². The van der Waals surface area contributed by atoms with E-state index in [1.807, 2.05) is 6.92 Å². The number of aromatic nitrogens is 1. The van der Waals surface area contributed by atoms with Crippen molar-refractivity contribution in [1.29, 1.82) is 0 Å². The van der Waals surface area contributed by atoms with Crippen LogP contribution in [-0.2, 0) is 19.6 Å². The van der Waals surface area contributed by atoms with E-state index in [1.165, 1.54) is 29.7 Å². The van der Waals surface area contributed by atoms with Gasteiger partial charge in [-0.05, 0) is 55.7 Å². The fourth-order valence-electron chi connectivity index (χ4n) is 3.32. The molecule has 8 nitrogen and oxygen atoms in total. The highest BCUT2D eigenvalue weighted by Gasteiger charge is 2.32. The van der Waals surface area contributed by atoms with Crippen molar-refractivity contribution in [2.24, 2.45) is 5.92 Å². The van der Waals surface area contributed by atoms with Crippen molar-refractivity contribution in [2.45, 2.75) is 31.6 Å². The Hall–Kier alpha value is -2.78. The van der Waals surface area contributed by atoms with E-state index in [-0.39, 0.29) is 35.7 Å². The monoisotopic (exact) mass is 416 g/mol. The topological polar surface area (TPSA) is 108 Å². The molecule has 0 atom stereocenters. The second kappa shape index (κ2) is 8.71. The predicted molar refractivity (Wildman–Crippen MR) is 110 cm³/mol. The molecule has 2 amide bonds. The van der Waals surface area contributed by atoms with Crippen LogP contribution in [0.4, 0.5) is 11.4 Å². The van der Waals surface area contributed by atoms with Gasteiger partial charge in [0, 0.05) is 49.7 Å². The second-order valence-electron chi connectivity index (χ2n) is 7.07. The van der Waals surface area contributed by atoms with Crippen LogP contribution in [0.15, 0.2) is 47.6 Å². The minimum Gasteiger partial charge on any atom is -0.326 e. The summed E-state index contributed by atoms with van der Waals surface area (Å²) in [6.45, 7) is 3.87. The lowest BCUT2D eigenvalue weighted by Gasteiger charge is -2.30. The summed E-state index contributed by atoms with van der Waals surface area (Å²) < 4.78 is 26.7. The van der Waals surface area contributed by atoms with Crippen LogP contribution in [-0.4, -0.2) is 42.6 Å². The van der Waals surface area contributed by atoms with Crippen LogP contribution >= 0.6 is 0 Å². The fourth-order valence-corrected chi connectivity index (χ4v) is 4.76. The highest BCUT2D eigenvalue weighted by atomic mass is 32.2. The zero-order chi connectivity index (χ0) is 21.0. The van der Waals surface area contributed by atoms with E-state index in [0.717, 1.165) is 5.56 Å². The molecule has 2 heterocycles. The number of nitrogens with one attached hydrogen (secondary N) is 2. The van der Waals surface area contributed by atoms with Crippen molar-refractivity contribution in [3.63, 3.8) is 0 Å². The summed E-state index contributed by atoms with van der Waals surface area (Å²) in [7, 11) is -3.59. The quantitative estimate of drug-likeness (QED) is 0.778. The number of sulfonamides is 1. The summed E-state index contributed by atoms with van der Waals surface area (Å²) in [4.78, 5) is 27.8. The Labute approximate surface area is 170 Å². The smallest absolute Gasteiger partial charge is 0.244 e. The number of pyridine rings is 1. The molecule has 0 bridgehead atoms. The highest BCUT2D eigenvalue weighted by Crippen LogP contribution is 2.25. The lowest BCUT2D eigenvalue weighted by molar-refractivity contribution is -0.121. The largest absolute Gasteiger partial charge is 0.326 e. The van der Waals surface area contributed by atoms with E-state index in [2.05, 4.69) is 15.6 Å². The number of rotatable bonds is 5. The number of piperidine rings is 1. The average molecular weight is 417 g/mol. The lowest BCUT2D eigenvalue weighted by Crippen LogP contribution is -2.41. The summed E-state index contributed by atoms with van der Waals surface area (Å²) in [5.74, 6) is -0.543. The minimum atomic E-state index is -3.59. The Morgan fingerprint density at radius 3 is 2.45 bits per heavy atom. The molecular formula is C20H24N4O4S. The number of aryl methyl sites for hydroxylation is 1. The van der Waals surface area contributed by atoms with Crippen molar-refractivity contribution in [3.8, 4) is 0 Å². The van der Waals surface area contributed by atoms with E-state index in [0.29, 0.717) is 24.2 Å². The Balaban J connectivity index is 1.59. The molecule has 0 saturated carbocycles. The van der Waals surface area contributed by atoms with Crippen LogP contribution < -0.4 is 10.6 Å². The van der Waals surface area contributed by atoms with Gasteiger partial charge in [0.15, 0.2) is 0 Å². The maximum Gasteiger partial charge on any atom is 0.244 e. The number of nitrogens with zero attached hydrogens (tertiary/aromatic N) is 2. The Morgan fingerprint density at radius 2 is 1.86 bits per heavy atom. The molecular weight excluding hydrogens is 392 g/mol. The van der Waals surface area contributed by atoms with Crippen LogP contribution in [0.2, 0.25) is 0 Å². The number of hydrogen-bond acceptors (Lipinski definition) is 5. The molecule has 1 aliphatic rings. The summed E-state index contributed by atoms with van der Waals surface area (Å²) in [5, 5.41) is 5.62. The second-order valence-corrected chi connectivity index (χ2v) is 9.01. The number of anilines is 2. The lowest BCUT2D eigenvalue weighted by atomic mass is 9.97. The number of amides is 2. The van der Waals surface area contributed by atoms with Crippen LogP contribution in [0.3, 0.4) is 0 Å². The maximum atomic E-state index is 12.7. The molecule has 1 aromatic carbocycles. The Morgan fingerprint density at radius 1 is 1.14 bits per heavy atom. The third-order valence-electron chi connectivity index (χ3n) is 4.90. The molecule has 0 aliphatic carbocycles. The van der Waals surface area contributed by atoms with Gasteiger partial charge in [0.2, 0.25) is 21.8 Å². The van der Waals surface area contributed by atoms with E-state index >= 15 is 0 Å². The fraction of sp³-hybridized carbons (Fsp3) is 0.350. The predicted octanol–water partition coefficient (Wildman–Crippen LogP) is 2.39. The maximum absolute atomic E-state index is 12.7. The van der Waals surface area contributed by atoms with Crippen molar-refractivity contribution >= 4 is 33.2 Å². The van der Waals surface area contributed by atoms with Crippen molar-refractivity contribution < 1.29 is 18.0 Å². The molecule has 0 radical (unpaired) electrons. The SMILES string of the molecule is CC(=O)Nc1ccc(NC(=O)C2CCN(S(=O)(=O)c3cccnc3)CC2)cc1C. The number of benzene rings is 1. The van der Waals surface area contributed by atoms with Gasteiger partial charge in [-0.15, -0.1) is 0 Å². The molecule has 1 aromatic heterocycles. The van der Waals surface area contributed by atoms with Crippen LogP contribution in [0.25, 0.3) is 0 Å². The van der Waals surface area contributed by atoms with Gasteiger partial charge in [0.05, 0.1) is 0 Å². The van der Waals surface area contributed by atoms with Crippen LogP contribution in [0.5, 0.6) is 0 Å². The van der Waals surface area contributed by atoms with Gasteiger partial charge in [-0.1, -0.05) is 0 Å². The Bertz CT molecular complexity index is 1000.